The predicted octanol–water partition coefficient (Wildman–Crippen LogP) is 2.48. The highest BCUT2D eigenvalue weighted by atomic mass is 16.5. The number of carbonyl (C=O) groups is 2. The molecule has 0 unspecified atom stereocenters. The van der Waals surface area contributed by atoms with Gasteiger partial charge in [0.05, 0.1) is 19.3 Å². The van der Waals surface area contributed by atoms with Crippen LogP contribution in [0.1, 0.15) is 40.5 Å². The summed E-state index contributed by atoms with van der Waals surface area (Å²) in [7, 11) is 0. The van der Waals surface area contributed by atoms with Gasteiger partial charge < -0.3 is 9.47 Å². The second kappa shape index (κ2) is 8.79. The molecule has 0 aliphatic carbocycles. The minimum Gasteiger partial charge on any atom is -0.498 e. The first-order chi connectivity index (χ1) is 8.04. The second-order valence-corrected chi connectivity index (χ2v) is 3.72. The largest absolute Gasteiger partial charge is 0.498 e. The van der Waals surface area contributed by atoms with E-state index in [4.69, 9.17) is 9.47 Å². The summed E-state index contributed by atoms with van der Waals surface area (Å²) >= 11 is 0. The Morgan fingerprint density at radius 1 is 1.12 bits per heavy atom. The van der Waals surface area contributed by atoms with Crippen molar-refractivity contribution in [3.63, 3.8) is 0 Å². The van der Waals surface area contributed by atoms with Crippen molar-refractivity contribution < 1.29 is 19.1 Å². The van der Waals surface area contributed by atoms with Gasteiger partial charge in [0.15, 0.2) is 0 Å². The molecular weight excluding hydrogens is 220 g/mol. The Morgan fingerprint density at radius 3 is 2.18 bits per heavy atom. The van der Waals surface area contributed by atoms with E-state index in [9.17, 15) is 9.59 Å². The van der Waals surface area contributed by atoms with Gasteiger partial charge >= 0.3 is 5.97 Å². The molecule has 1 atom stereocenters. The van der Waals surface area contributed by atoms with Crippen LogP contribution in [0.2, 0.25) is 0 Å². The van der Waals surface area contributed by atoms with Crippen LogP contribution in [-0.2, 0) is 19.1 Å². The fraction of sp³-hybridized carbons (Fsp3) is 0.692. The van der Waals surface area contributed by atoms with Crippen molar-refractivity contribution in [3.8, 4) is 0 Å². The van der Waals surface area contributed by atoms with E-state index in [1.807, 2.05) is 20.8 Å². The minimum atomic E-state index is -0.424. The zero-order chi connectivity index (χ0) is 13.3. The SMILES string of the molecule is CCOC(=O)/C=C(/C[C@@H](C)C(=O)CC)OCC. The molecule has 0 aliphatic rings. The Kier molecular flexibility index (Phi) is 8.11. The number of ether oxygens (including phenoxy) is 2. The maximum absolute atomic E-state index is 11.5. The molecule has 0 amide bonds. The predicted molar refractivity (Wildman–Crippen MR) is 65.4 cm³/mol. The van der Waals surface area contributed by atoms with Crippen molar-refractivity contribution in [2.24, 2.45) is 5.92 Å². The first kappa shape index (κ1) is 15.7. The standard InChI is InChI=1S/C13H22O4/c1-5-12(14)10(4)8-11(16-6-2)9-13(15)17-7-3/h9-10H,5-8H2,1-4H3/b11-9-/t10-/m1/s1. The van der Waals surface area contributed by atoms with E-state index in [1.54, 1.807) is 6.92 Å². The van der Waals surface area contributed by atoms with Crippen LogP contribution in [0.3, 0.4) is 0 Å². The van der Waals surface area contributed by atoms with Crippen molar-refractivity contribution in [1.82, 2.24) is 0 Å². The van der Waals surface area contributed by atoms with Gasteiger partial charge in [0, 0.05) is 18.8 Å². The molecule has 4 nitrogen and oxygen atoms in total. The molecule has 0 aromatic rings. The van der Waals surface area contributed by atoms with Crippen molar-refractivity contribution in [1.29, 1.82) is 0 Å². The molecule has 0 radical (unpaired) electrons. The van der Waals surface area contributed by atoms with Crippen LogP contribution in [-0.4, -0.2) is 25.0 Å². The van der Waals surface area contributed by atoms with Gasteiger partial charge in [-0.1, -0.05) is 13.8 Å². The van der Waals surface area contributed by atoms with E-state index in [0.717, 1.165) is 0 Å². The molecule has 0 saturated heterocycles. The quantitative estimate of drug-likeness (QED) is 0.373. The van der Waals surface area contributed by atoms with Crippen LogP contribution in [0.25, 0.3) is 0 Å². The van der Waals surface area contributed by atoms with Gasteiger partial charge in [0.2, 0.25) is 0 Å². The molecule has 0 rings (SSSR count). The number of hydrogen-bond donors (Lipinski definition) is 0. The van der Waals surface area contributed by atoms with E-state index in [0.29, 0.717) is 31.8 Å². The van der Waals surface area contributed by atoms with Gasteiger partial charge in [-0.25, -0.2) is 4.79 Å². The summed E-state index contributed by atoms with van der Waals surface area (Å²) in [6, 6.07) is 0. The van der Waals surface area contributed by atoms with Crippen LogP contribution in [0.4, 0.5) is 0 Å². The third-order valence-electron chi connectivity index (χ3n) is 2.30. The summed E-state index contributed by atoms with van der Waals surface area (Å²) in [5.74, 6) is 0.124. The molecular formula is C13H22O4. The first-order valence-electron chi connectivity index (χ1n) is 6.07. The van der Waals surface area contributed by atoms with E-state index < -0.39 is 5.97 Å². The number of Topliss-reactive ketones (excluding diaryl/α,β-unsaturated/α-hetero) is 1. The summed E-state index contributed by atoms with van der Waals surface area (Å²) in [6.07, 6.45) is 2.27. The van der Waals surface area contributed by atoms with Gasteiger partial charge in [0.25, 0.3) is 0 Å². The smallest absolute Gasteiger partial charge is 0.334 e. The van der Waals surface area contributed by atoms with Crippen LogP contribution >= 0.6 is 0 Å². The third-order valence-corrected chi connectivity index (χ3v) is 2.30. The lowest BCUT2D eigenvalue weighted by Crippen LogP contribution is -2.12. The Morgan fingerprint density at radius 2 is 1.71 bits per heavy atom. The van der Waals surface area contributed by atoms with Crippen LogP contribution in [0.5, 0.6) is 0 Å². The number of ketones is 1. The van der Waals surface area contributed by atoms with Crippen molar-refractivity contribution in [2.75, 3.05) is 13.2 Å². The maximum atomic E-state index is 11.5. The van der Waals surface area contributed by atoms with Crippen molar-refractivity contribution in [3.05, 3.63) is 11.8 Å². The zero-order valence-electron chi connectivity index (χ0n) is 11.1. The lowest BCUT2D eigenvalue weighted by molar-refractivity contribution is -0.137. The Hall–Kier alpha value is -1.32. The number of esters is 1. The molecule has 0 bridgehead atoms. The molecule has 98 valence electrons. The zero-order valence-corrected chi connectivity index (χ0v) is 11.1. The summed E-state index contributed by atoms with van der Waals surface area (Å²) in [5.41, 5.74) is 0. The fourth-order valence-electron chi connectivity index (χ4n) is 1.42. The monoisotopic (exact) mass is 242 g/mol. The molecule has 0 spiro atoms. The highest BCUT2D eigenvalue weighted by Crippen LogP contribution is 2.15. The summed E-state index contributed by atoms with van der Waals surface area (Å²) in [4.78, 5) is 22.7. The van der Waals surface area contributed by atoms with E-state index in [1.165, 1.54) is 6.08 Å². The molecule has 17 heavy (non-hydrogen) atoms. The number of hydrogen-bond acceptors (Lipinski definition) is 4. The number of carbonyl (C=O) groups excluding carboxylic acids is 2. The molecule has 0 heterocycles. The maximum Gasteiger partial charge on any atom is 0.334 e. The van der Waals surface area contributed by atoms with Crippen molar-refractivity contribution in [2.45, 2.75) is 40.5 Å². The van der Waals surface area contributed by atoms with E-state index in [2.05, 4.69) is 0 Å². The molecule has 0 aromatic carbocycles. The molecule has 4 heteroatoms. The highest BCUT2D eigenvalue weighted by molar-refractivity contribution is 5.83. The Balaban J connectivity index is 4.52. The molecule has 0 saturated carbocycles. The number of rotatable bonds is 8. The highest BCUT2D eigenvalue weighted by Gasteiger charge is 2.14. The molecule has 0 fully saturated rings. The third kappa shape index (κ3) is 6.76. The van der Waals surface area contributed by atoms with Gasteiger partial charge in [-0.3, -0.25) is 4.79 Å². The molecule has 0 N–H and O–H groups in total. The number of allylic oxidation sites excluding steroid dienone is 1. The average molecular weight is 242 g/mol. The van der Waals surface area contributed by atoms with E-state index in [-0.39, 0.29) is 11.7 Å². The topological polar surface area (TPSA) is 52.6 Å². The lowest BCUT2D eigenvalue weighted by Gasteiger charge is -2.13. The van der Waals surface area contributed by atoms with Gasteiger partial charge in [-0.2, -0.15) is 0 Å². The van der Waals surface area contributed by atoms with Gasteiger partial charge in [0.1, 0.15) is 11.5 Å². The van der Waals surface area contributed by atoms with E-state index >= 15 is 0 Å². The summed E-state index contributed by atoms with van der Waals surface area (Å²) in [6.45, 7) is 8.05. The van der Waals surface area contributed by atoms with Crippen LogP contribution in [0.15, 0.2) is 11.8 Å². The van der Waals surface area contributed by atoms with Gasteiger partial charge in [-0.05, 0) is 13.8 Å². The average Bonchev–Trinajstić information content (AvgIpc) is 2.28. The Labute approximate surface area is 103 Å². The normalized spacial score (nSPS) is 13.1. The van der Waals surface area contributed by atoms with Crippen LogP contribution < -0.4 is 0 Å². The van der Waals surface area contributed by atoms with Crippen molar-refractivity contribution >= 4 is 11.8 Å². The second-order valence-electron chi connectivity index (χ2n) is 3.72. The summed E-state index contributed by atoms with van der Waals surface area (Å²) < 4.78 is 10.1. The minimum absolute atomic E-state index is 0.132. The summed E-state index contributed by atoms with van der Waals surface area (Å²) in [5, 5.41) is 0. The lowest BCUT2D eigenvalue weighted by atomic mass is 9.99. The Bertz CT molecular complexity index is 281. The fourth-order valence-corrected chi connectivity index (χ4v) is 1.42. The molecule has 0 aromatic heterocycles. The van der Waals surface area contributed by atoms with Crippen LogP contribution in [0, 0.1) is 5.92 Å². The first-order valence-corrected chi connectivity index (χ1v) is 6.07. The molecule has 0 aliphatic heterocycles. The van der Waals surface area contributed by atoms with Gasteiger partial charge in [-0.15, -0.1) is 0 Å².